The molecule has 1 saturated heterocycles. The summed E-state index contributed by atoms with van der Waals surface area (Å²) in [5.41, 5.74) is -0.403. The van der Waals surface area contributed by atoms with Crippen molar-refractivity contribution in [3.63, 3.8) is 0 Å². The molecule has 0 aromatic heterocycles. The van der Waals surface area contributed by atoms with Crippen LogP contribution < -0.4 is 4.72 Å². The molecule has 1 heterocycles. The lowest BCUT2D eigenvalue weighted by Gasteiger charge is -2.22. The SMILES string of the molecule is O=C(O)c1c(Cl)ccc(S(=O)(=O)NC2CCCSC2)c1Cl. The summed E-state index contributed by atoms with van der Waals surface area (Å²) in [5.74, 6) is 0.342. The van der Waals surface area contributed by atoms with E-state index in [9.17, 15) is 13.2 Å². The van der Waals surface area contributed by atoms with Crippen molar-refractivity contribution in [2.45, 2.75) is 23.8 Å². The van der Waals surface area contributed by atoms with Crippen LogP contribution in [0.5, 0.6) is 0 Å². The van der Waals surface area contributed by atoms with Gasteiger partial charge in [0.05, 0.1) is 15.6 Å². The molecule has 1 aromatic rings. The Morgan fingerprint density at radius 3 is 2.67 bits per heavy atom. The van der Waals surface area contributed by atoms with Crippen LogP contribution in [0, 0.1) is 0 Å². The van der Waals surface area contributed by atoms with E-state index in [0.717, 1.165) is 18.6 Å². The molecule has 116 valence electrons. The summed E-state index contributed by atoms with van der Waals surface area (Å²) in [7, 11) is -3.88. The minimum absolute atomic E-state index is 0.0975. The molecule has 9 heteroatoms. The van der Waals surface area contributed by atoms with Crippen molar-refractivity contribution < 1.29 is 18.3 Å². The summed E-state index contributed by atoms with van der Waals surface area (Å²) < 4.78 is 27.3. The number of carboxylic acid groups (broad SMARTS) is 1. The molecular weight excluding hydrogens is 357 g/mol. The van der Waals surface area contributed by atoms with Crippen LogP contribution >= 0.6 is 35.0 Å². The van der Waals surface area contributed by atoms with E-state index in [4.69, 9.17) is 28.3 Å². The molecule has 0 radical (unpaired) electrons. The maximum atomic E-state index is 12.4. The van der Waals surface area contributed by atoms with E-state index in [1.165, 1.54) is 12.1 Å². The van der Waals surface area contributed by atoms with E-state index in [-0.39, 0.29) is 21.0 Å². The number of benzene rings is 1. The summed E-state index contributed by atoms with van der Waals surface area (Å²) in [5, 5.41) is 8.60. The fraction of sp³-hybridized carbons (Fsp3) is 0.417. The molecule has 0 saturated carbocycles. The first kappa shape index (κ1) is 16.9. The van der Waals surface area contributed by atoms with E-state index in [0.29, 0.717) is 5.75 Å². The summed E-state index contributed by atoms with van der Waals surface area (Å²) in [6.07, 6.45) is 1.69. The Kier molecular flexibility index (Phi) is 5.43. The highest BCUT2D eigenvalue weighted by atomic mass is 35.5. The predicted octanol–water partition coefficient (Wildman–Crippen LogP) is 2.87. The standard InChI is InChI=1S/C12H13Cl2NO4S2/c13-8-3-4-9(11(14)10(8)12(16)17)21(18,19)15-7-2-1-5-20-6-7/h3-4,7,15H,1-2,5-6H2,(H,16,17). The summed E-state index contributed by atoms with van der Waals surface area (Å²) >= 11 is 13.4. The van der Waals surface area contributed by atoms with E-state index in [2.05, 4.69) is 4.72 Å². The van der Waals surface area contributed by atoms with Gasteiger partial charge in [0.2, 0.25) is 10.0 Å². The zero-order chi connectivity index (χ0) is 15.6. The van der Waals surface area contributed by atoms with Crippen LogP contribution in [-0.2, 0) is 10.0 Å². The molecule has 1 unspecified atom stereocenters. The van der Waals surface area contributed by atoms with Crippen LogP contribution in [0.3, 0.4) is 0 Å². The van der Waals surface area contributed by atoms with Gasteiger partial charge in [-0.1, -0.05) is 23.2 Å². The van der Waals surface area contributed by atoms with Gasteiger partial charge in [0.1, 0.15) is 4.90 Å². The van der Waals surface area contributed by atoms with E-state index < -0.39 is 21.6 Å². The van der Waals surface area contributed by atoms with Gasteiger partial charge in [-0.3, -0.25) is 0 Å². The molecule has 1 aromatic carbocycles. The molecule has 1 atom stereocenters. The molecule has 21 heavy (non-hydrogen) atoms. The molecule has 0 spiro atoms. The van der Waals surface area contributed by atoms with Gasteiger partial charge in [-0.05, 0) is 30.7 Å². The molecule has 5 nitrogen and oxygen atoms in total. The van der Waals surface area contributed by atoms with Crippen LogP contribution in [0.1, 0.15) is 23.2 Å². The maximum Gasteiger partial charge on any atom is 0.338 e. The first-order valence-electron chi connectivity index (χ1n) is 6.14. The molecule has 2 rings (SSSR count). The summed E-state index contributed by atoms with van der Waals surface area (Å²) in [4.78, 5) is 10.9. The van der Waals surface area contributed by atoms with Crippen molar-refractivity contribution in [1.29, 1.82) is 0 Å². The molecule has 1 fully saturated rings. The number of carbonyl (C=O) groups is 1. The number of halogens is 2. The highest BCUT2D eigenvalue weighted by Crippen LogP contribution is 2.31. The zero-order valence-electron chi connectivity index (χ0n) is 10.8. The highest BCUT2D eigenvalue weighted by Gasteiger charge is 2.27. The predicted molar refractivity (Wildman–Crippen MR) is 84.1 cm³/mol. The average molecular weight is 370 g/mol. The van der Waals surface area contributed by atoms with Crippen LogP contribution in [0.15, 0.2) is 17.0 Å². The van der Waals surface area contributed by atoms with Crippen LogP contribution in [-0.4, -0.2) is 37.0 Å². The average Bonchev–Trinajstić information content (AvgIpc) is 2.38. The molecule has 0 bridgehead atoms. The Bertz CT molecular complexity index is 657. The smallest absolute Gasteiger partial charge is 0.338 e. The molecular formula is C12H13Cl2NO4S2. The maximum absolute atomic E-state index is 12.4. The zero-order valence-corrected chi connectivity index (χ0v) is 13.9. The van der Waals surface area contributed by atoms with Gasteiger partial charge in [-0.25, -0.2) is 17.9 Å². The fourth-order valence-electron chi connectivity index (χ4n) is 2.05. The third kappa shape index (κ3) is 3.84. The second-order valence-electron chi connectivity index (χ2n) is 4.58. The Hall–Kier alpha value is -0.470. The number of carboxylic acids is 1. The van der Waals surface area contributed by atoms with Crippen LogP contribution in [0.4, 0.5) is 0 Å². The normalized spacial score (nSPS) is 19.4. The van der Waals surface area contributed by atoms with Crippen molar-refractivity contribution in [3.05, 3.63) is 27.7 Å². The number of nitrogens with one attached hydrogen (secondary N) is 1. The molecule has 0 amide bonds. The van der Waals surface area contributed by atoms with Crippen molar-refractivity contribution >= 4 is 51.0 Å². The van der Waals surface area contributed by atoms with Gasteiger partial charge >= 0.3 is 5.97 Å². The molecule has 0 aliphatic carbocycles. The Morgan fingerprint density at radius 2 is 2.10 bits per heavy atom. The van der Waals surface area contributed by atoms with E-state index in [1.54, 1.807) is 11.8 Å². The first-order chi connectivity index (χ1) is 9.83. The monoisotopic (exact) mass is 369 g/mol. The van der Waals surface area contributed by atoms with Crippen LogP contribution in [0.25, 0.3) is 0 Å². The molecule has 1 aliphatic heterocycles. The van der Waals surface area contributed by atoms with E-state index in [1.807, 2.05) is 0 Å². The number of aromatic carboxylic acids is 1. The number of sulfonamides is 1. The minimum Gasteiger partial charge on any atom is -0.478 e. The van der Waals surface area contributed by atoms with Gasteiger partial charge in [0, 0.05) is 11.8 Å². The second-order valence-corrected chi connectivity index (χ2v) is 8.19. The Morgan fingerprint density at radius 1 is 1.38 bits per heavy atom. The third-order valence-electron chi connectivity index (χ3n) is 3.04. The van der Waals surface area contributed by atoms with Crippen molar-refractivity contribution in [3.8, 4) is 0 Å². The highest BCUT2D eigenvalue weighted by molar-refractivity contribution is 7.99. The lowest BCUT2D eigenvalue weighted by atomic mass is 10.2. The van der Waals surface area contributed by atoms with E-state index >= 15 is 0 Å². The lowest BCUT2D eigenvalue weighted by molar-refractivity contribution is 0.0697. The number of hydrogen-bond acceptors (Lipinski definition) is 4. The Balaban J connectivity index is 2.36. The number of thioether (sulfide) groups is 1. The topological polar surface area (TPSA) is 83.5 Å². The number of rotatable bonds is 4. The Labute approximate surface area is 137 Å². The largest absolute Gasteiger partial charge is 0.478 e. The van der Waals surface area contributed by atoms with Gasteiger partial charge < -0.3 is 5.11 Å². The first-order valence-corrected chi connectivity index (χ1v) is 9.53. The molecule has 1 aliphatic rings. The van der Waals surface area contributed by atoms with Crippen molar-refractivity contribution in [2.75, 3.05) is 11.5 Å². The van der Waals surface area contributed by atoms with Crippen LogP contribution in [0.2, 0.25) is 10.0 Å². The summed E-state index contributed by atoms with van der Waals surface area (Å²) in [6.45, 7) is 0. The number of hydrogen-bond donors (Lipinski definition) is 2. The third-order valence-corrected chi connectivity index (χ3v) is 6.64. The van der Waals surface area contributed by atoms with Crippen molar-refractivity contribution in [1.82, 2.24) is 4.72 Å². The van der Waals surface area contributed by atoms with Gasteiger partial charge in [0.15, 0.2) is 0 Å². The van der Waals surface area contributed by atoms with Crippen molar-refractivity contribution in [2.24, 2.45) is 0 Å². The fourth-order valence-corrected chi connectivity index (χ4v) is 5.42. The quantitative estimate of drug-likeness (QED) is 0.852. The summed E-state index contributed by atoms with van der Waals surface area (Å²) in [6, 6.07) is 2.27. The minimum atomic E-state index is -3.88. The van der Waals surface area contributed by atoms with Gasteiger partial charge in [-0.2, -0.15) is 11.8 Å². The van der Waals surface area contributed by atoms with Gasteiger partial charge in [0.25, 0.3) is 0 Å². The van der Waals surface area contributed by atoms with Gasteiger partial charge in [-0.15, -0.1) is 0 Å². The molecule has 2 N–H and O–H groups in total. The lowest BCUT2D eigenvalue weighted by Crippen LogP contribution is -2.38. The second kappa shape index (κ2) is 6.75.